The van der Waals surface area contributed by atoms with Crippen LogP contribution in [0.5, 0.6) is 0 Å². The van der Waals surface area contributed by atoms with Crippen LogP contribution in [0, 0.1) is 6.92 Å². The number of ether oxygens (including phenoxy) is 1. The summed E-state index contributed by atoms with van der Waals surface area (Å²) in [5, 5.41) is 4.25. The van der Waals surface area contributed by atoms with Crippen LogP contribution in [0.3, 0.4) is 0 Å². The molecule has 2 aliphatic rings. The second kappa shape index (κ2) is 6.31. The lowest BCUT2D eigenvalue weighted by Gasteiger charge is -2.35. The van der Waals surface area contributed by atoms with Crippen molar-refractivity contribution in [1.29, 1.82) is 0 Å². The van der Waals surface area contributed by atoms with E-state index in [2.05, 4.69) is 45.8 Å². The van der Waals surface area contributed by atoms with Crippen LogP contribution in [0.4, 0.5) is 0 Å². The lowest BCUT2D eigenvalue weighted by molar-refractivity contribution is -0.0804. The largest absolute Gasteiger partial charge is 0.363 e. The van der Waals surface area contributed by atoms with Gasteiger partial charge in [-0.15, -0.1) is 0 Å². The molecule has 0 N–H and O–H groups in total. The fraction of sp³-hybridized carbons (Fsp3) is 0.381. The van der Waals surface area contributed by atoms with Crippen molar-refractivity contribution < 1.29 is 9.53 Å². The van der Waals surface area contributed by atoms with E-state index in [1.54, 1.807) is 16.9 Å². The zero-order chi connectivity index (χ0) is 19.3. The number of carbonyl (C=O) groups is 1. The zero-order valence-corrected chi connectivity index (χ0v) is 16.1. The van der Waals surface area contributed by atoms with E-state index in [1.807, 2.05) is 18.1 Å². The Kier molecular flexibility index (Phi) is 3.87. The van der Waals surface area contributed by atoms with Crippen molar-refractivity contribution >= 4 is 5.91 Å². The fourth-order valence-electron chi connectivity index (χ4n) is 4.17. The number of hydrogen-bond acceptors (Lipinski definition) is 4. The molecule has 1 aromatic carbocycles. The highest BCUT2D eigenvalue weighted by atomic mass is 16.5. The smallest absolute Gasteiger partial charge is 0.274 e. The maximum Gasteiger partial charge on any atom is 0.274 e. The number of rotatable bonds is 2. The predicted octanol–water partition coefficient (Wildman–Crippen LogP) is 2.41. The first-order chi connectivity index (χ1) is 13.5. The quantitative estimate of drug-likeness (QED) is 0.688. The molecule has 1 unspecified atom stereocenters. The monoisotopic (exact) mass is 377 g/mol. The minimum absolute atomic E-state index is 0.0312. The molecule has 28 heavy (non-hydrogen) atoms. The summed E-state index contributed by atoms with van der Waals surface area (Å²) in [6, 6.07) is 10.3. The topological polar surface area (TPSA) is 65.2 Å². The van der Waals surface area contributed by atoms with E-state index in [1.165, 1.54) is 5.56 Å². The van der Waals surface area contributed by atoms with Gasteiger partial charge in [-0.2, -0.15) is 5.10 Å². The number of aryl methyl sites for hydroxylation is 2. The van der Waals surface area contributed by atoms with Gasteiger partial charge in [-0.3, -0.25) is 9.48 Å². The Morgan fingerprint density at radius 1 is 1.18 bits per heavy atom. The van der Waals surface area contributed by atoms with Gasteiger partial charge in [0.15, 0.2) is 0 Å². The molecule has 0 radical (unpaired) electrons. The summed E-state index contributed by atoms with van der Waals surface area (Å²) in [5.41, 5.74) is 3.62. The lowest BCUT2D eigenvalue weighted by Crippen LogP contribution is -2.45. The number of benzene rings is 1. The molecular weight excluding hydrogens is 354 g/mol. The van der Waals surface area contributed by atoms with Crippen LogP contribution in [0.15, 0.2) is 42.7 Å². The molecule has 0 saturated carbocycles. The Morgan fingerprint density at radius 2 is 2.00 bits per heavy atom. The van der Waals surface area contributed by atoms with Crippen molar-refractivity contribution in [2.45, 2.75) is 32.1 Å². The molecule has 0 bridgehead atoms. The highest BCUT2D eigenvalue weighted by molar-refractivity contribution is 5.92. The number of imidazole rings is 1. The zero-order valence-electron chi connectivity index (χ0n) is 16.1. The van der Waals surface area contributed by atoms with Gasteiger partial charge in [0.25, 0.3) is 5.91 Å². The summed E-state index contributed by atoms with van der Waals surface area (Å²) in [6.45, 7) is 4.52. The standard InChI is InChI=1S/C21H23N5O2/c1-15-3-5-16(6-4-15)18-11-22-19-12-28-21(14-26(18)19)8-10-25(13-21)20(27)17-7-9-24(2)23-17/h3-7,9,11H,8,10,12-14H2,1-2H3. The maximum absolute atomic E-state index is 12.8. The number of nitrogens with zero attached hydrogens (tertiary/aromatic N) is 5. The van der Waals surface area contributed by atoms with Crippen LogP contribution in [-0.2, 0) is 24.9 Å². The summed E-state index contributed by atoms with van der Waals surface area (Å²) in [5.74, 6) is 0.909. The molecule has 4 heterocycles. The van der Waals surface area contributed by atoms with Crippen LogP contribution in [-0.4, -0.2) is 48.8 Å². The van der Waals surface area contributed by atoms with Crippen LogP contribution < -0.4 is 0 Å². The van der Waals surface area contributed by atoms with Gasteiger partial charge in [0.1, 0.15) is 23.7 Å². The average molecular weight is 377 g/mol. The molecule has 1 spiro atoms. The van der Waals surface area contributed by atoms with Crippen molar-refractivity contribution in [3.05, 3.63) is 59.8 Å². The SMILES string of the molecule is Cc1ccc(-c2cnc3n2CC2(CCN(C(=O)c4ccn(C)n4)C2)OC3)cc1. The van der Waals surface area contributed by atoms with E-state index in [0.29, 0.717) is 31.9 Å². The van der Waals surface area contributed by atoms with Gasteiger partial charge in [0.2, 0.25) is 0 Å². The second-order valence-corrected chi connectivity index (χ2v) is 7.83. The van der Waals surface area contributed by atoms with E-state index in [4.69, 9.17) is 4.74 Å². The Labute approximate surface area is 163 Å². The molecule has 7 nitrogen and oxygen atoms in total. The Hall–Kier alpha value is -2.93. The summed E-state index contributed by atoms with van der Waals surface area (Å²) < 4.78 is 10.1. The summed E-state index contributed by atoms with van der Waals surface area (Å²) in [6.07, 6.45) is 4.53. The first-order valence-electron chi connectivity index (χ1n) is 9.57. The van der Waals surface area contributed by atoms with Gasteiger partial charge in [0.05, 0.1) is 25.0 Å². The third kappa shape index (κ3) is 2.82. The highest BCUT2D eigenvalue weighted by Gasteiger charge is 2.45. The fourth-order valence-corrected chi connectivity index (χ4v) is 4.17. The maximum atomic E-state index is 12.8. The number of fused-ring (bicyclic) bond motifs is 1. The van der Waals surface area contributed by atoms with Crippen molar-refractivity contribution in [3.63, 3.8) is 0 Å². The number of hydrogen-bond donors (Lipinski definition) is 0. The molecule has 2 aromatic heterocycles. The van der Waals surface area contributed by atoms with Gasteiger partial charge in [-0.05, 0) is 25.0 Å². The average Bonchev–Trinajstić information content (AvgIpc) is 3.41. The van der Waals surface area contributed by atoms with Crippen LogP contribution >= 0.6 is 0 Å². The van der Waals surface area contributed by atoms with Gasteiger partial charge in [-0.25, -0.2) is 4.98 Å². The Balaban J connectivity index is 1.39. The molecule has 1 amide bonds. The van der Waals surface area contributed by atoms with E-state index >= 15 is 0 Å². The van der Waals surface area contributed by atoms with E-state index in [0.717, 1.165) is 23.5 Å². The van der Waals surface area contributed by atoms with Crippen molar-refractivity contribution in [2.75, 3.05) is 13.1 Å². The number of likely N-dealkylation sites (tertiary alicyclic amines) is 1. The van der Waals surface area contributed by atoms with Gasteiger partial charge >= 0.3 is 0 Å². The molecule has 5 rings (SSSR count). The van der Waals surface area contributed by atoms with Crippen molar-refractivity contribution in [1.82, 2.24) is 24.2 Å². The number of amides is 1. The summed E-state index contributed by atoms with van der Waals surface area (Å²) in [4.78, 5) is 19.2. The third-order valence-electron chi connectivity index (χ3n) is 5.78. The molecule has 1 saturated heterocycles. The normalized spacial score (nSPS) is 21.3. The first kappa shape index (κ1) is 17.2. The van der Waals surface area contributed by atoms with Crippen LogP contribution in [0.1, 0.15) is 28.3 Å². The Bertz CT molecular complexity index is 1040. The molecule has 3 aromatic rings. The van der Waals surface area contributed by atoms with Crippen molar-refractivity contribution in [2.24, 2.45) is 7.05 Å². The summed E-state index contributed by atoms with van der Waals surface area (Å²) >= 11 is 0. The first-order valence-corrected chi connectivity index (χ1v) is 9.57. The minimum atomic E-state index is -0.364. The number of carbonyl (C=O) groups excluding carboxylic acids is 1. The number of aromatic nitrogens is 4. The molecule has 2 aliphatic heterocycles. The summed E-state index contributed by atoms with van der Waals surface area (Å²) in [7, 11) is 1.82. The Morgan fingerprint density at radius 3 is 2.75 bits per heavy atom. The molecule has 1 fully saturated rings. The van der Waals surface area contributed by atoms with Crippen LogP contribution in [0.2, 0.25) is 0 Å². The lowest BCUT2D eigenvalue weighted by atomic mass is 10.0. The predicted molar refractivity (Wildman–Crippen MR) is 104 cm³/mol. The van der Waals surface area contributed by atoms with Gasteiger partial charge < -0.3 is 14.2 Å². The van der Waals surface area contributed by atoms with Crippen molar-refractivity contribution in [3.8, 4) is 11.3 Å². The van der Waals surface area contributed by atoms with Gasteiger partial charge in [-0.1, -0.05) is 29.8 Å². The highest BCUT2D eigenvalue weighted by Crippen LogP contribution is 2.35. The third-order valence-corrected chi connectivity index (χ3v) is 5.78. The van der Waals surface area contributed by atoms with Gasteiger partial charge in [0, 0.05) is 19.8 Å². The second-order valence-electron chi connectivity index (χ2n) is 7.83. The molecular formula is C21H23N5O2. The van der Waals surface area contributed by atoms with E-state index in [9.17, 15) is 4.79 Å². The molecule has 144 valence electrons. The van der Waals surface area contributed by atoms with E-state index in [-0.39, 0.29) is 11.5 Å². The molecule has 0 aliphatic carbocycles. The van der Waals surface area contributed by atoms with Crippen LogP contribution in [0.25, 0.3) is 11.3 Å². The van der Waals surface area contributed by atoms with E-state index < -0.39 is 0 Å². The molecule has 1 atom stereocenters. The minimum Gasteiger partial charge on any atom is -0.363 e. The molecule has 7 heteroatoms.